The lowest BCUT2D eigenvalue weighted by molar-refractivity contribution is 0.647. The van der Waals surface area contributed by atoms with Gasteiger partial charge < -0.3 is 5.32 Å². The highest BCUT2D eigenvalue weighted by Gasteiger charge is 2.14. The van der Waals surface area contributed by atoms with Gasteiger partial charge in [-0.2, -0.15) is 0 Å². The second kappa shape index (κ2) is 3.28. The van der Waals surface area contributed by atoms with Gasteiger partial charge in [-0.25, -0.2) is 0 Å². The Morgan fingerprint density at radius 2 is 2.00 bits per heavy atom. The lowest BCUT2D eigenvalue weighted by atomic mass is 10.0. The quantitative estimate of drug-likeness (QED) is 0.667. The van der Waals surface area contributed by atoms with Crippen molar-refractivity contribution >= 4 is 0 Å². The first-order valence-corrected chi connectivity index (χ1v) is 4.66. The molecule has 0 radical (unpaired) electrons. The van der Waals surface area contributed by atoms with Gasteiger partial charge in [0.25, 0.3) is 0 Å². The van der Waals surface area contributed by atoms with Gasteiger partial charge in [-0.1, -0.05) is 29.8 Å². The van der Waals surface area contributed by atoms with Gasteiger partial charge in [-0.05, 0) is 31.9 Å². The predicted molar refractivity (Wildman–Crippen MR) is 51.2 cm³/mol. The Balaban J connectivity index is 2.17. The first-order chi connectivity index (χ1) is 5.86. The molecule has 1 aromatic rings. The van der Waals surface area contributed by atoms with E-state index in [9.17, 15) is 0 Å². The molecule has 0 aromatic heterocycles. The molecule has 1 aromatic carbocycles. The fourth-order valence-electron chi connectivity index (χ4n) is 1.77. The molecule has 2 rings (SSSR count). The molecule has 0 aliphatic carbocycles. The van der Waals surface area contributed by atoms with Crippen LogP contribution in [0.4, 0.5) is 0 Å². The van der Waals surface area contributed by atoms with Gasteiger partial charge in [0.1, 0.15) is 0 Å². The molecule has 1 heteroatoms. The van der Waals surface area contributed by atoms with Crippen LogP contribution in [0.15, 0.2) is 24.3 Å². The summed E-state index contributed by atoms with van der Waals surface area (Å²) in [6.07, 6.45) is 2.61. The highest BCUT2D eigenvalue weighted by molar-refractivity contribution is 5.24. The Hall–Kier alpha value is -0.820. The van der Waals surface area contributed by atoms with Crippen LogP contribution in [0.25, 0.3) is 0 Å². The Kier molecular flexibility index (Phi) is 2.13. The number of rotatable bonds is 1. The molecule has 1 aliphatic rings. The molecular weight excluding hydrogens is 146 g/mol. The van der Waals surface area contributed by atoms with Gasteiger partial charge in [0.2, 0.25) is 0 Å². The Morgan fingerprint density at radius 3 is 2.58 bits per heavy atom. The molecule has 0 unspecified atom stereocenters. The maximum atomic E-state index is 3.49. The van der Waals surface area contributed by atoms with Crippen LogP contribution in [-0.4, -0.2) is 6.54 Å². The van der Waals surface area contributed by atoms with Crippen molar-refractivity contribution in [2.24, 2.45) is 0 Å². The van der Waals surface area contributed by atoms with Gasteiger partial charge in [0, 0.05) is 6.04 Å². The molecular formula is C11H15N. The average Bonchev–Trinajstić information content (AvgIpc) is 2.58. The minimum absolute atomic E-state index is 0.616. The molecule has 1 fully saturated rings. The Morgan fingerprint density at radius 1 is 1.25 bits per heavy atom. The molecule has 1 nitrogen and oxygen atoms in total. The van der Waals surface area contributed by atoms with Crippen molar-refractivity contribution in [3.8, 4) is 0 Å². The first-order valence-electron chi connectivity index (χ1n) is 4.66. The molecule has 1 heterocycles. The zero-order chi connectivity index (χ0) is 8.39. The summed E-state index contributed by atoms with van der Waals surface area (Å²) in [6.45, 7) is 3.31. The summed E-state index contributed by atoms with van der Waals surface area (Å²) in [5.74, 6) is 0. The third-order valence-corrected chi connectivity index (χ3v) is 2.54. The van der Waals surface area contributed by atoms with Crippen molar-refractivity contribution in [1.82, 2.24) is 5.32 Å². The highest BCUT2D eigenvalue weighted by Crippen LogP contribution is 2.22. The highest BCUT2D eigenvalue weighted by atomic mass is 14.9. The summed E-state index contributed by atoms with van der Waals surface area (Å²) >= 11 is 0. The van der Waals surface area contributed by atoms with E-state index in [1.54, 1.807) is 0 Å². The smallest absolute Gasteiger partial charge is 0.0320 e. The van der Waals surface area contributed by atoms with E-state index in [1.807, 2.05) is 0 Å². The zero-order valence-corrected chi connectivity index (χ0v) is 7.51. The molecule has 1 saturated heterocycles. The lowest BCUT2D eigenvalue weighted by Gasteiger charge is -2.09. The molecule has 1 aliphatic heterocycles. The largest absolute Gasteiger partial charge is 0.310 e. The molecule has 0 bridgehead atoms. The normalized spacial score (nSPS) is 22.9. The summed E-state index contributed by atoms with van der Waals surface area (Å²) < 4.78 is 0. The second-order valence-corrected chi connectivity index (χ2v) is 3.56. The van der Waals surface area contributed by atoms with Crippen LogP contribution in [0.2, 0.25) is 0 Å². The maximum absolute atomic E-state index is 3.49. The Labute approximate surface area is 73.8 Å². The van der Waals surface area contributed by atoms with Crippen LogP contribution in [0, 0.1) is 6.92 Å². The van der Waals surface area contributed by atoms with E-state index in [2.05, 4.69) is 36.5 Å². The minimum atomic E-state index is 0.616. The topological polar surface area (TPSA) is 12.0 Å². The number of hydrogen-bond acceptors (Lipinski definition) is 1. The van der Waals surface area contributed by atoms with Crippen LogP contribution in [-0.2, 0) is 0 Å². The van der Waals surface area contributed by atoms with Gasteiger partial charge in [0.05, 0.1) is 0 Å². The van der Waals surface area contributed by atoms with Crippen molar-refractivity contribution in [1.29, 1.82) is 0 Å². The number of aryl methyl sites for hydroxylation is 1. The first kappa shape index (κ1) is 7.81. The summed E-state index contributed by atoms with van der Waals surface area (Å²) in [5.41, 5.74) is 2.79. The van der Waals surface area contributed by atoms with E-state index in [4.69, 9.17) is 0 Å². The van der Waals surface area contributed by atoms with Crippen molar-refractivity contribution in [2.45, 2.75) is 25.8 Å². The van der Waals surface area contributed by atoms with Gasteiger partial charge in [-0.15, -0.1) is 0 Å². The lowest BCUT2D eigenvalue weighted by Crippen LogP contribution is -2.12. The monoisotopic (exact) mass is 161 g/mol. The maximum Gasteiger partial charge on any atom is 0.0320 e. The van der Waals surface area contributed by atoms with Gasteiger partial charge >= 0.3 is 0 Å². The zero-order valence-electron chi connectivity index (χ0n) is 7.51. The van der Waals surface area contributed by atoms with Crippen molar-refractivity contribution in [3.05, 3.63) is 35.4 Å². The van der Waals surface area contributed by atoms with E-state index in [-0.39, 0.29) is 0 Å². The van der Waals surface area contributed by atoms with Crippen LogP contribution in [0.5, 0.6) is 0 Å². The standard InChI is InChI=1S/C11H15N/c1-9-4-6-10(7-5-9)11-3-2-8-12-11/h4-7,11-12H,2-3,8H2,1H3/t11-/m0/s1. The third-order valence-electron chi connectivity index (χ3n) is 2.54. The molecule has 1 atom stereocenters. The summed E-state index contributed by atoms with van der Waals surface area (Å²) in [7, 11) is 0. The van der Waals surface area contributed by atoms with E-state index in [0.717, 1.165) is 0 Å². The van der Waals surface area contributed by atoms with E-state index in [0.29, 0.717) is 6.04 Å². The predicted octanol–water partition coefficient (Wildman–Crippen LogP) is 2.42. The second-order valence-electron chi connectivity index (χ2n) is 3.56. The van der Waals surface area contributed by atoms with Crippen molar-refractivity contribution in [3.63, 3.8) is 0 Å². The molecule has 1 N–H and O–H groups in total. The fourth-order valence-corrected chi connectivity index (χ4v) is 1.77. The van der Waals surface area contributed by atoms with Crippen LogP contribution >= 0.6 is 0 Å². The van der Waals surface area contributed by atoms with E-state index >= 15 is 0 Å². The molecule has 12 heavy (non-hydrogen) atoms. The van der Waals surface area contributed by atoms with E-state index < -0.39 is 0 Å². The van der Waals surface area contributed by atoms with Crippen molar-refractivity contribution < 1.29 is 0 Å². The number of benzene rings is 1. The van der Waals surface area contributed by atoms with Crippen molar-refractivity contribution in [2.75, 3.05) is 6.54 Å². The summed E-state index contributed by atoms with van der Waals surface area (Å²) in [4.78, 5) is 0. The van der Waals surface area contributed by atoms with Gasteiger partial charge in [0.15, 0.2) is 0 Å². The fraction of sp³-hybridized carbons (Fsp3) is 0.455. The summed E-state index contributed by atoms with van der Waals surface area (Å²) in [6, 6.07) is 9.46. The average molecular weight is 161 g/mol. The van der Waals surface area contributed by atoms with E-state index in [1.165, 1.54) is 30.5 Å². The molecule has 0 spiro atoms. The molecule has 0 saturated carbocycles. The molecule has 0 amide bonds. The third kappa shape index (κ3) is 1.51. The summed E-state index contributed by atoms with van der Waals surface area (Å²) in [5, 5.41) is 3.49. The van der Waals surface area contributed by atoms with Crippen LogP contribution in [0.1, 0.15) is 30.0 Å². The number of nitrogens with one attached hydrogen (secondary N) is 1. The number of hydrogen-bond donors (Lipinski definition) is 1. The SMILES string of the molecule is Cc1ccc([C@@H]2CCCN2)cc1. The molecule has 64 valence electrons. The van der Waals surface area contributed by atoms with Crippen LogP contribution in [0.3, 0.4) is 0 Å². The van der Waals surface area contributed by atoms with Crippen LogP contribution < -0.4 is 5.32 Å². The minimum Gasteiger partial charge on any atom is -0.310 e. The Bertz CT molecular complexity index is 244. The van der Waals surface area contributed by atoms with Gasteiger partial charge in [-0.3, -0.25) is 0 Å².